The van der Waals surface area contributed by atoms with Crippen LogP contribution in [-0.4, -0.2) is 58.8 Å². The van der Waals surface area contributed by atoms with Crippen molar-refractivity contribution in [2.24, 2.45) is 0 Å². The molecule has 3 aromatic carbocycles. The predicted molar refractivity (Wildman–Crippen MR) is 150 cm³/mol. The van der Waals surface area contributed by atoms with Crippen LogP contribution in [0, 0.1) is 11.6 Å². The monoisotopic (exact) mass is 574 g/mol. The molecular weight excluding hydrogens is 542 g/mol. The van der Waals surface area contributed by atoms with E-state index in [2.05, 4.69) is 27.7 Å². The molecule has 218 valence electrons. The topological polar surface area (TPSA) is 91.0 Å². The number of imide groups is 1. The van der Waals surface area contributed by atoms with Gasteiger partial charge in [-0.05, 0) is 59.9 Å². The van der Waals surface area contributed by atoms with Gasteiger partial charge in [0.05, 0.1) is 0 Å². The van der Waals surface area contributed by atoms with Crippen LogP contribution < -0.4 is 15.4 Å². The fourth-order valence-corrected chi connectivity index (χ4v) is 6.02. The van der Waals surface area contributed by atoms with Crippen LogP contribution in [-0.2, 0) is 29.2 Å². The molecule has 0 aromatic heterocycles. The first-order chi connectivity index (χ1) is 20.3. The molecule has 3 aliphatic rings. The average molecular weight is 575 g/mol. The van der Waals surface area contributed by atoms with Crippen LogP contribution in [0.15, 0.2) is 66.7 Å². The molecule has 10 heteroatoms. The zero-order valence-corrected chi connectivity index (χ0v) is 23.0. The van der Waals surface area contributed by atoms with Crippen LogP contribution in [0.25, 0.3) is 0 Å². The van der Waals surface area contributed by atoms with Crippen LogP contribution in [0.3, 0.4) is 0 Å². The van der Waals surface area contributed by atoms with E-state index < -0.39 is 23.6 Å². The number of carbonyl (C=O) groups is 3. The highest BCUT2D eigenvalue weighted by atomic mass is 19.2. The van der Waals surface area contributed by atoms with Gasteiger partial charge in [-0.25, -0.2) is 8.78 Å². The molecule has 6 rings (SSSR count). The number of piperidine rings is 2. The van der Waals surface area contributed by atoms with Crippen LogP contribution in [0.5, 0.6) is 5.75 Å². The van der Waals surface area contributed by atoms with Gasteiger partial charge in [0.2, 0.25) is 11.8 Å². The maximum atomic E-state index is 13.9. The molecular formula is C32H32F2N4O4. The lowest BCUT2D eigenvalue weighted by Gasteiger charge is -2.39. The number of likely N-dealkylation sites (tertiary alicyclic amines) is 1. The normalized spacial score (nSPS) is 22.7. The number of rotatable bonds is 8. The van der Waals surface area contributed by atoms with E-state index in [9.17, 15) is 23.2 Å². The van der Waals surface area contributed by atoms with Crippen molar-refractivity contribution >= 4 is 17.7 Å². The fourth-order valence-electron chi connectivity index (χ4n) is 6.02. The fraction of sp³-hybridized carbons (Fsp3) is 0.344. The minimum Gasteiger partial charge on any atom is -0.487 e. The SMILES string of the molecule is O=C1CCC(N2Cc3cc(O[C@@H]4CN(Cc5ccc(F)c(F)c5)CC[C@H]4NCc4ccccc4)ccc3C2=O)C(=O)N1. The maximum absolute atomic E-state index is 13.9. The van der Waals surface area contributed by atoms with Gasteiger partial charge < -0.3 is 15.0 Å². The van der Waals surface area contributed by atoms with E-state index in [-0.39, 0.29) is 36.9 Å². The van der Waals surface area contributed by atoms with Crippen LogP contribution in [0.4, 0.5) is 8.78 Å². The number of hydrogen-bond acceptors (Lipinski definition) is 6. The van der Waals surface area contributed by atoms with Crippen molar-refractivity contribution in [2.45, 2.75) is 57.1 Å². The number of halogens is 2. The lowest BCUT2D eigenvalue weighted by Crippen LogP contribution is -2.54. The van der Waals surface area contributed by atoms with Crippen LogP contribution in [0.1, 0.15) is 46.3 Å². The highest BCUT2D eigenvalue weighted by Crippen LogP contribution is 2.31. The Kier molecular flexibility index (Phi) is 7.99. The van der Waals surface area contributed by atoms with E-state index in [0.29, 0.717) is 42.9 Å². The molecule has 2 N–H and O–H groups in total. The molecule has 8 nitrogen and oxygen atoms in total. The number of hydrogen-bond donors (Lipinski definition) is 2. The van der Waals surface area contributed by atoms with Crippen molar-refractivity contribution in [2.75, 3.05) is 13.1 Å². The van der Waals surface area contributed by atoms with Gasteiger partial charge in [0.25, 0.3) is 5.91 Å². The summed E-state index contributed by atoms with van der Waals surface area (Å²) >= 11 is 0. The van der Waals surface area contributed by atoms with E-state index in [1.54, 1.807) is 18.2 Å². The zero-order valence-electron chi connectivity index (χ0n) is 23.0. The van der Waals surface area contributed by atoms with Gasteiger partial charge in [-0.15, -0.1) is 0 Å². The number of fused-ring (bicyclic) bond motifs is 1. The Morgan fingerprint density at radius 3 is 2.55 bits per heavy atom. The number of carbonyl (C=O) groups excluding carboxylic acids is 3. The molecule has 3 aliphatic heterocycles. The smallest absolute Gasteiger partial charge is 0.255 e. The van der Waals surface area contributed by atoms with Gasteiger partial charge in [0.1, 0.15) is 17.9 Å². The highest BCUT2D eigenvalue weighted by Gasteiger charge is 2.39. The predicted octanol–water partition coefficient (Wildman–Crippen LogP) is 3.54. The molecule has 0 aliphatic carbocycles. The number of benzene rings is 3. The number of ether oxygens (including phenoxy) is 1. The Balaban J connectivity index is 1.17. The summed E-state index contributed by atoms with van der Waals surface area (Å²) in [5.41, 5.74) is 3.14. The van der Waals surface area contributed by atoms with Crippen molar-refractivity contribution in [1.82, 2.24) is 20.4 Å². The minimum absolute atomic E-state index is 0.0290. The summed E-state index contributed by atoms with van der Waals surface area (Å²) < 4.78 is 33.9. The van der Waals surface area contributed by atoms with Crippen LogP contribution >= 0.6 is 0 Å². The third kappa shape index (κ3) is 6.05. The first kappa shape index (κ1) is 28.0. The van der Waals surface area contributed by atoms with Gasteiger partial charge in [-0.2, -0.15) is 0 Å². The molecule has 3 heterocycles. The van der Waals surface area contributed by atoms with Crippen molar-refractivity contribution in [3.8, 4) is 5.75 Å². The number of nitrogens with one attached hydrogen (secondary N) is 2. The number of nitrogens with zero attached hydrogens (tertiary/aromatic N) is 2. The molecule has 3 aromatic rings. The molecule has 42 heavy (non-hydrogen) atoms. The summed E-state index contributed by atoms with van der Waals surface area (Å²) in [5.74, 6) is -2.12. The largest absolute Gasteiger partial charge is 0.487 e. The van der Waals surface area contributed by atoms with Gasteiger partial charge in [-0.1, -0.05) is 36.4 Å². The van der Waals surface area contributed by atoms with Crippen molar-refractivity contribution in [3.05, 3.63) is 101 Å². The summed E-state index contributed by atoms with van der Waals surface area (Å²) in [6, 6.07) is 18.8. The van der Waals surface area contributed by atoms with Gasteiger partial charge in [-0.3, -0.25) is 24.6 Å². The van der Waals surface area contributed by atoms with E-state index in [1.807, 2.05) is 24.3 Å². The van der Waals surface area contributed by atoms with Crippen molar-refractivity contribution in [3.63, 3.8) is 0 Å². The van der Waals surface area contributed by atoms with Gasteiger partial charge >= 0.3 is 0 Å². The Labute approximate surface area is 242 Å². The summed E-state index contributed by atoms with van der Waals surface area (Å²) in [6.07, 6.45) is 1.03. The first-order valence-corrected chi connectivity index (χ1v) is 14.2. The van der Waals surface area contributed by atoms with Crippen molar-refractivity contribution < 1.29 is 27.9 Å². The summed E-state index contributed by atoms with van der Waals surface area (Å²) in [4.78, 5) is 40.8. The van der Waals surface area contributed by atoms with E-state index in [1.165, 1.54) is 11.0 Å². The minimum atomic E-state index is -0.866. The molecule has 0 bridgehead atoms. The Morgan fingerprint density at radius 1 is 0.929 bits per heavy atom. The lowest BCUT2D eigenvalue weighted by atomic mass is 10.00. The Bertz CT molecular complexity index is 1500. The second-order valence-corrected chi connectivity index (χ2v) is 11.1. The zero-order chi connectivity index (χ0) is 29.2. The molecule has 0 saturated carbocycles. The van der Waals surface area contributed by atoms with E-state index in [0.717, 1.165) is 30.2 Å². The van der Waals surface area contributed by atoms with Crippen LogP contribution in [0.2, 0.25) is 0 Å². The molecule has 2 fully saturated rings. The second-order valence-electron chi connectivity index (χ2n) is 11.1. The summed E-state index contributed by atoms with van der Waals surface area (Å²) in [5, 5.41) is 5.96. The maximum Gasteiger partial charge on any atom is 0.255 e. The molecule has 0 radical (unpaired) electrons. The van der Waals surface area contributed by atoms with Crippen molar-refractivity contribution in [1.29, 1.82) is 0 Å². The second kappa shape index (κ2) is 12.0. The molecule has 3 amide bonds. The molecule has 1 unspecified atom stereocenters. The molecule has 0 spiro atoms. The Hall–Kier alpha value is -4.15. The first-order valence-electron chi connectivity index (χ1n) is 14.2. The lowest BCUT2D eigenvalue weighted by molar-refractivity contribution is -0.136. The van der Waals surface area contributed by atoms with E-state index >= 15 is 0 Å². The Morgan fingerprint density at radius 2 is 1.76 bits per heavy atom. The van der Waals surface area contributed by atoms with E-state index in [4.69, 9.17) is 4.74 Å². The highest BCUT2D eigenvalue weighted by molar-refractivity contribution is 6.05. The molecule has 2 saturated heterocycles. The quantitative estimate of drug-likeness (QED) is 0.400. The summed E-state index contributed by atoms with van der Waals surface area (Å²) in [7, 11) is 0. The molecule has 3 atom stereocenters. The van der Waals surface area contributed by atoms with Gasteiger partial charge in [0, 0.05) is 50.7 Å². The standard InChI is InChI=1S/C32H32F2N4O4/c33-25-9-6-21(14-26(25)34)17-37-13-12-27(35-16-20-4-2-1-3-5-20)29(19-37)42-23-7-8-24-22(15-23)18-38(32(24)41)28-10-11-30(39)36-31(28)40/h1-9,14-15,27-29,35H,10-13,16-19H2,(H,36,39,40)/t27-,28?,29-/m1/s1. The summed E-state index contributed by atoms with van der Waals surface area (Å²) in [6.45, 7) is 2.71. The number of amides is 3. The third-order valence-corrected chi connectivity index (χ3v) is 8.23. The van der Waals surface area contributed by atoms with Gasteiger partial charge in [0.15, 0.2) is 11.6 Å². The average Bonchev–Trinajstić information content (AvgIpc) is 3.30. The third-order valence-electron chi connectivity index (χ3n) is 8.23.